The summed E-state index contributed by atoms with van der Waals surface area (Å²) in [5, 5.41) is 6.48. The summed E-state index contributed by atoms with van der Waals surface area (Å²) >= 11 is 1.39. The zero-order chi connectivity index (χ0) is 16.4. The van der Waals surface area contributed by atoms with E-state index in [1.54, 1.807) is 19.1 Å². The van der Waals surface area contributed by atoms with Crippen LogP contribution in [0.5, 0.6) is 0 Å². The van der Waals surface area contributed by atoms with E-state index in [9.17, 15) is 9.18 Å². The smallest absolute Gasteiger partial charge is 0.261 e. The Kier molecular flexibility index (Phi) is 4.20. The van der Waals surface area contributed by atoms with E-state index in [0.29, 0.717) is 16.6 Å². The number of carbonyl (C=O) groups excluding carboxylic acids is 1. The predicted molar refractivity (Wildman–Crippen MR) is 84.7 cm³/mol. The number of hydrogen-bond donors (Lipinski definition) is 1. The van der Waals surface area contributed by atoms with Gasteiger partial charge in [-0.15, -0.1) is 11.3 Å². The van der Waals surface area contributed by atoms with Crippen LogP contribution < -0.4 is 5.32 Å². The molecule has 1 N–H and O–H groups in total. The second kappa shape index (κ2) is 6.29. The monoisotopic (exact) mass is 331 g/mol. The SMILES string of the molecule is Cc1nc(CNC(=O)c2cc(-c3ccc(F)cc3)c(C)s2)no1. The van der Waals surface area contributed by atoms with Gasteiger partial charge < -0.3 is 9.84 Å². The fourth-order valence-electron chi connectivity index (χ4n) is 2.17. The molecule has 5 nitrogen and oxygen atoms in total. The van der Waals surface area contributed by atoms with Gasteiger partial charge in [0, 0.05) is 11.8 Å². The average molecular weight is 331 g/mol. The standard InChI is InChI=1S/C16H14FN3O2S/c1-9-13(11-3-5-12(17)6-4-11)7-14(23-9)16(21)18-8-15-19-10(2)22-20-15/h3-7H,8H2,1-2H3,(H,18,21). The maximum atomic E-state index is 13.0. The van der Waals surface area contributed by atoms with Crippen LogP contribution in [0.4, 0.5) is 4.39 Å². The van der Waals surface area contributed by atoms with Gasteiger partial charge in [-0.1, -0.05) is 17.3 Å². The molecule has 0 aliphatic rings. The molecular formula is C16H14FN3O2S. The molecule has 1 aromatic carbocycles. The Labute approximate surface area is 136 Å². The van der Waals surface area contributed by atoms with Crippen molar-refractivity contribution < 1.29 is 13.7 Å². The van der Waals surface area contributed by atoms with Gasteiger partial charge in [-0.05, 0) is 36.2 Å². The number of aromatic nitrogens is 2. The molecule has 0 aliphatic heterocycles. The van der Waals surface area contributed by atoms with Crippen LogP contribution in [-0.4, -0.2) is 16.0 Å². The van der Waals surface area contributed by atoms with Crippen LogP contribution in [0.1, 0.15) is 26.3 Å². The Morgan fingerprint density at radius 1 is 1.30 bits per heavy atom. The van der Waals surface area contributed by atoms with Crippen LogP contribution in [0, 0.1) is 19.7 Å². The molecule has 2 heterocycles. The number of hydrogen-bond acceptors (Lipinski definition) is 5. The van der Waals surface area contributed by atoms with Gasteiger partial charge in [-0.25, -0.2) is 4.39 Å². The van der Waals surface area contributed by atoms with E-state index in [-0.39, 0.29) is 18.3 Å². The summed E-state index contributed by atoms with van der Waals surface area (Å²) < 4.78 is 17.9. The summed E-state index contributed by atoms with van der Waals surface area (Å²) in [6, 6.07) is 8.03. The van der Waals surface area contributed by atoms with Crippen LogP contribution in [-0.2, 0) is 6.54 Å². The second-order valence-electron chi connectivity index (χ2n) is 5.00. The first kappa shape index (κ1) is 15.4. The molecule has 0 atom stereocenters. The summed E-state index contributed by atoms with van der Waals surface area (Å²) in [7, 11) is 0. The van der Waals surface area contributed by atoms with Crippen molar-refractivity contribution in [2.45, 2.75) is 20.4 Å². The highest BCUT2D eigenvalue weighted by Crippen LogP contribution is 2.31. The number of halogens is 1. The number of aryl methyl sites for hydroxylation is 2. The van der Waals surface area contributed by atoms with Crippen LogP contribution >= 0.6 is 11.3 Å². The minimum Gasteiger partial charge on any atom is -0.344 e. The quantitative estimate of drug-likeness (QED) is 0.795. The minimum atomic E-state index is -0.282. The van der Waals surface area contributed by atoms with E-state index in [1.807, 2.05) is 13.0 Å². The van der Waals surface area contributed by atoms with Crippen molar-refractivity contribution in [2.24, 2.45) is 0 Å². The van der Waals surface area contributed by atoms with Gasteiger partial charge in [-0.2, -0.15) is 4.98 Å². The first-order valence-corrected chi connectivity index (χ1v) is 7.78. The maximum Gasteiger partial charge on any atom is 0.261 e. The highest BCUT2D eigenvalue weighted by Gasteiger charge is 2.14. The molecule has 2 aromatic heterocycles. The highest BCUT2D eigenvalue weighted by molar-refractivity contribution is 7.14. The Hall–Kier alpha value is -2.54. The minimum absolute atomic E-state index is 0.200. The van der Waals surface area contributed by atoms with Crippen LogP contribution in [0.3, 0.4) is 0 Å². The number of benzene rings is 1. The fourth-order valence-corrected chi connectivity index (χ4v) is 3.13. The molecule has 23 heavy (non-hydrogen) atoms. The largest absolute Gasteiger partial charge is 0.344 e. The van der Waals surface area contributed by atoms with Crippen molar-refractivity contribution in [3.8, 4) is 11.1 Å². The molecule has 0 radical (unpaired) electrons. The van der Waals surface area contributed by atoms with Crippen molar-refractivity contribution in [3.05, 3.63) is 57.6 Å². The number of nitrogens with zero attached hydrogens (tertiary/aromatic N) is 2. The summed E-state index contributed by atoms with van der Waals surface area (Å²) in [4.78, 5) is 17.8. The Bertz CT molecular complexity index is 839. The lowest BCUT2D eigenvalue weighted by atomic mass is 10.1. The zero-order valence-corrected chi connectivity index (χ0v) is 13.4. The van der Waals surface area contributed by atoms with Crippen LogP contribution in [0.15, 0.2) is 34.9 Å². The van der Waals surface area contributed by atoms with Crippen molar-refractivity contribution in [2.75, 3.05) is 0 Å². The van der Waals surface area contributed by atoms with E-state index < -0.39 is 0 Å². The average Bonchev–Trinajstić information content (AvgIpc) is 3.12. The summed E-state index contributed by atoms with van der Waals surface area (Å²) in [5.74, 6) is 0.409. The lowest BCUT2D eigenvalue weighted by Gasteiger charge is -1.99. The van der Waals surface area contributed by atoms with Crippen molar-refractivity contribution in [1.82, 2.24) is 15.5 Å². The Balaban J connectivity index is 1.74. The van der Waals surface area contributed by atoms with Crippen molar-refractivity contribution >= 4 is 17.2 Å². The molecule has 118 valence electrons. The molecule has 0 spiro atoms. The summed E-state index contributed by atoms with van der Waals surface area (Å²) in [6.07, 6.45) is 0. The summed E-state index contributed by atoms with van der Waals surface area (Å²) in [5.41, 5.74) is 1.81. The molecule has 1 amide bonds. The fraction of sp³-hybridized carbons (Fsp3) is 0.188. The van der Waals surface area contributed by atoms with Gasteiger partial charge in [0.2, 0.25) is 5.89 Å². The molecule has 0 unspecified atom stereocenters. The second-order valence-corrected chi connectivity index (χ2v) is 6.26. The number of thiophene rings is 1. The first-order valence-electron chi connectivity index (χ1n) is 6.96. The van der Waals surface area contributed by atoms with Crippen LogP contribution in [0.2, 0.25) is 0 Å². The number of carbonyl (C=O) groups is 1. The molecular weight excluding hydrogens is 317 g/mol. The van der Waals surface area contributed by atoms with E-state index in [0.717, 1.165) is 16.0 Å². The lowest BCUT2D eigenvalue weighted by Crippen LogP contribution is -2.22. The molecule has 3 aromatic rings. The molecule has 0 aliphatic carbocycles. The van der Waals surface area contributed by atoms with Crippen molar-refractivity contribution in [3.63, 3.8) is 0 Å². The number of amides is 1. The molecule has 7 heteroatoms. The molecule has 0 saturated carbocycles. The number of nitrogens with one attached hydrogen (secondary N) is 1. The third-order valence-corrected chi connectivity index (χ3v) is 4.32. The van der Waals surface area contributed by atoms with Gasteiger partial charge >= 0.3 is 0 Å². The van der Waals surface area contributed by atoms with Crippen LogP contribution in [0.25, 0.3) is 11.1 Å². The van der Waals surface area contributed by atoms with Gasteiger partial charge in [0.1, 0.15) is 5.82 Å². The van der Waals surface area contributed by atoms with E-state index >= 15 is 0 Å². The molecule has 0 saturated heterocycles. The first-order chi connectivity index (χ1) is 11.0. The zero-order valence-electron chi connectivity index (χ0n) is 12.6. The summed E-state index contributed by atoms with van der Waals surface area (Å²) in [6.45, 7) is 3.83. The lowest BCUT2D eigenvalue weighted by molar-refractivity contribution is 0.0953. The maximum absolute atomic E-state index is 13.0. The molecule has 3 rings (SSSR count). The van der Waals surface area contributed by atoms with Gasteiger partial charge in [0.15, 0.2) is 5.82 Å². The molecule has 0 fully saturated rings. The number of rotatable bonds is 4. The molecule has 0 bridgehead atoms. The van der Waals surface area contributed by atoms with E-state index in [1.165, 1.54) is 23.5 Å². The Morgan fingerprint density at radius 3 is 2.70 bits per heavy atom. The van der Waals surface area contributed by atoms with E-state index in [4.69, 9.17) is 4.52 Å². The predicted octanol–water partition coefficient (Wildman–Crippen LogP) is 3.48. The van der Waals surface area contributed by atoms with Gasteiger partial charge in [0.05, 0.1) is 11.4 Å². The normalized spacial score (nSPS) is 10.7. The Morgan fingerprint density at radius 2 is 2.04 bits per heavy atom. The highest BCUT2D eigenvalue weighted by atomic mass is 32.1. The topological polar surface area (TPSA) is 68.0 Å². The third-order valence-electron chi connectivity index (χ3n) is 3.27. The van der Waals surface area contributed by atoms with E-state index in [2.05, 4.69) is 15.5 Å². The van der Waals surface area contributed by atoms with Gasteiger partial charge in [-0.3, -0.25) is 4.79 Å². The van der Waals surface area contributed by atoms with Gasteiger partial charge in [0.25, 0.3) is 5.91 Å². The third kappa shape index (κ3) is 3.45. The van der Waals surface area contributed by atoms with Crippen molar-refractivity contribution in [1.29, 1.82) is 0 Å².